The third-order valence-corrected chi connectivity index (χ3v) is 5.68. The lowest BCUT2D eigenvalue weighted by Gasteiger charge is -2.10. The zero-order valence-corrected chi connectivity index (χ0v) is 19.0. The summed E-state index contributed by atoms with van der Waals surface area (Å²) in [6.07, 6.45) is 0.752. The van der Waals surface area contributed by atoms with Crippen molar-refractivity contribution >= 4 is 40.7 Å². The molecule has 0 bridgehead atoms. The molecule has 3 aromatic rings. The molecule has 1 N–H and O–H groups in total. The molecule has 0 unspecified atom stereocenters. The van der Waals surface area contributed by atoms with Crippen LogP contribution < -0.4 is 10.1 Å². The van der Waals surface area contributed by atoms with Crippen molar-refractivity contribution in [1.82, 2.24) is 15.1 Å². The second-order valence-electron chi connectivity index (χ2n) is 6.88. The molecular weight excluding hydrogens is 445 g/mol. The summed E-state index contributed by atoms with van der Waals surface area (Å²) in [4.78, 5) is 12.5. The van der Waals surface area contributed by atoms with Gasteiger partial charge in [-0.2, -0.15) is 5.10 Å². The predicted octanol–water partition coefficient (Wildman–Crippen LogP) is 5.86. The third kappa shape index (κ3) is 5.69. The van der Waals surface area contributed by atoms with E-state index in [1.54, 1.807) is 30.3 Å². The van der Waals surface area contributed by atoms with Gasteiger partial charge in [0, 0.05) is 23.7 Å². The van der Waals surface area contributed by atoms with Gasteiger partial charge in [-0.05, 0) is 56.2 Å². The highest BCUT2D eigenvalue weighted by molar-refractivity contribution is 6.35. The van der Waals surface area contributed by atoms with E-state index in [4.69, 9.17) is 39.5 Å². The van der Waals surface area contributed by atoms with Crippen LogP contribution in [0.15, 0.2) is 42.5 Å². The summed E-state index contributed by atoms with van der Waals surface area (Å²) in [6, 6.07) is 12.4. The molecule has 2 aromatic carbocycles. The van der Waals surface area contributed by atoms with Crippen LogP contribution in [0, 0.1) is 13.8 Å². The van der Waals surface area contributed by atoms with Crippen LogP contribution in [-0.2, 0) is 13.2 Å². The Balaban J connectivity index is 1.50. The molecule has 0 spiro atoms. The van der Waals surface area contributed by atoms with Gasteiger partial charge in [0.05, 0.1) is 21.4 Å². The molecule has 3 rings (SSSR count). The van der Waals surface area contributed by atoms with E-state index in [0.29, 0.717) is 46.1 Å². The number of hydrogen-bond donors (Lipinski definition) is 1. The largest absolute Gasteiger partial charge is 0.487 e. The van der Waals surface area contributed by atoms with Crippen LogP contribution >= 0.6 is 34.8 Å². The minimum atomic E-state index is -0.132. The summed E-state index contributed by atoms with van der Waals surface area (Å²) >= 11 is 18.2. The Morgan fingerprint density at radius 3 is 2.63 bits per heavy atom. The Morgan fingerprint density at radius 1 is 1.13 bits per heavy atom. The van der Waals surface area contributed by atoms with Crippen LogP contribution in [-0.4, -0.2) is 22.2 Å². The molecule has 5 nitrogen and oxygen atoms in total. The Kier molecular flexibility index (Phi) is 7.64. The second-order valence-corrected chi connectivity index (χ2v) is 8.10. The van der Waals surface area contributed by atoms with Gasteiger partial charge in [-0.25, -0.2) is 0 Å². The van der Waals surface area contributed by atoms with E-state index in [2.05, 4.69) is 10.4 Å². The maximum atomic E-state index is 12.5. The van der Waals surface area contributed by atoms with Crippen LogP contribution in [0.5, 0.6) is 5.75 Å². The summed E-state index contributed by atoms with van der Waals surface area (Å²) in [7, 11) is 0. The summed E-state index contributed by atoms with van der Waals surface area (Å²) in [5.41, 5.74) is 3.20. The standard InChI is InChI=1S/C22H22Cl3N3O2/c1-14-21(25)15(2)28(27-14)10-4-9-26-22(29)17-6-3-5-16(11-17)13-30-20-8-7-18(23)12-19(20)24/h3,5-8,11-12H,4,9-10,13H2,1-2H3,(H,26,29). The Labute approximate surface area is 190 Å². The fourth-order valence-corrected chi connectivity index (χ4v) is 3.58. The van der Waals surface area contributed by atoms with Gasteiger partial charge >= 0.3 is 0 Å². The number of carbonyl (C=O) groups is 1. The SMILES string of the molecule is Cc1nn(CCCNC(=O)c2cccc(COc3ccc(Cl)cc3Cl)c2)c(C)c1Cl. The number of nitrogens with one attached hydrogen (secondary N) is 1. The molecule has 0 aliphatic carbocycles. The van der Waals surface area contributed by atoms with Crippen molar-refractivity contribution in [2.75, 3.05) is 6.54 Å². The number of amides is 1. The normalized spacial score (nSPS) is 10.8. The van der Waals surface area contributed by atoms with Crippen LogP contribution in [0.25, 0.3) is 0 Å². The number of aryl methyl sites for hydroxylation is 2. The summed E-state index contributed by atoms with van der Waals surface area (Å²) in [5, 5.41) is 9.02. The van der Waals surface area contributed by atoms with Gasteiger partial charge in [-0.1, -0.05) is 46.9 Å². The number of ether oxygens (including phenoxy) is 1. The van der Waals surface area contributed by atoms with Gasteiger partial charge in [0.25, 0.3) is 5.91 Å². The monoisotopic (exact) mass is 465 g/mol. The zero-order valence-electron chi connectivity index (χ0n) is 16.7. The number of benzene rings is 2. The molecule has 1 aromatic heterocycles. The maximum absolute atomic E-state index is 12.5. The lowest BCUT2D eigenvalue weighted by atomic mass is 10.1. The second kappa shape index (κ2) is 10.2. The first-order chi connectivity index (χ1) is 14.3. The molecule has 0 radical (unpaired) electrons. The van der Waals surface area contributed by atoms with E-state index in [0.717, 1.165) is 23.4 Å². The highest BCUT2D eigenvalue weighted by Crippen LogP contribution is 2.28. The predicted molar refractivity (Wildman–Crippen MR) is 121 cm³/mol. The first kappa shape index (κ1) is 22.5. The maximum Gasteiger partial charge on any atom is 0.251 e. The number of carbonyl (C=O) groups excluding carboxylic acids is 1. The Morgan fingerprint density at radius 2 is 1.93 bits per heavy atom. The van der Waals surface area contributed by atoms with Gasteiger partial charge in [0.2, 0.25) is 0 Å². The van der Waals surface area contributed by atoms with Crippen molar-refractivity contribution < 1.29 is 9.53 Å². The summed E-state index contributed by atoms with van der Waals surface area (Å²) in [6.45, 7) is 5.34. The van der Waals surface area contributed by atoms with Gasteiger partial charge < -0.3 is 10.1 Å². The molecule has 0 saturated heterocycles. The van der Waals surface area contributed by atoms with Crippen molar-refractivity contribution in [2.45, 2.75) is 33.4 Å². The van der Waals surface area contributed by atoms with Crippen molar-refractivity contribution in [1.29, 1.82) is 0 Å². The van der Waals surface area contributed by atoms with Crippen molar-refractivity contribution in [3.05, 3.63) is 80.0 Å². The minimum absolute atomic E-state index is 0.132. The molecule has 0 aliphatic heterocycles. The first-order valence-electron chi connectivity index (χ1n) is 9.49. The highest BCUT2D eigenvalue weighted by atomic mass is 35.5. The summed E-state index contributed by atoms with van der Waals surface area (Å²) < 4.78 is 7.60. The van der Waals surface area contributed by atoms with E-state index in [-0.39, 0.29) is 5.91 Å². The van der Waals surface area contributed by atoms with E-state index < -0.39 is 0 Å². The number of nitrogens with zero attached hydrogens (tertiary/aromatic N) is 2. The molecule has 30 heavy (non-hydrogen) atoms. The lowest BCUT2D eigenvalue weighted by molar-refractivity contribution is 0.0952. The molecule has 1 heterocycles. The minimum Gasteiger partial charge on any atom is -0.487 e. The first-order valence-corrected chi connectivity index (χ1v) is 10.6. The Hall–Kier alpha value is -2.21. The number of rotatable bonds is 8. The van der Waals surface area contributed by atoms with E-state index in [1.807, 2.05) is 30.7 Å². The lowest BCUT2D eigenvalue weighted by Crippen LogP contribution is -2.25. The van der Waals surface area contributed by atoms with Gasteiger partial charge in [-0.15, -0.1) is 0 Å². The van der Waals surface area contributed by atoms with E-state index in [9.17, 15) is 4.79 Å². The molecule has 0 aliphatic rings. The molecule has 8 heteroatoms. The third-order valence-electron chi connectivity index (χ3n) is 4.60. The Bertz CT molecular complexity index is 1050. The molecule has 1 amide bonds. The molecule has 0 fully saturated rings. The number of aromatic nitrogens is 2. The van der Waals surface area contributed by atoms with Crippen LogP contribution in [0.1, 0.15) is 33.7 Å². The van der Waals surface area contributed by atoms with Gasteiger partial charge in [0.15, 0.2) is 0 Å². The van der Waals surface area contributed by atoms with Crippen LogP contribution in [0.2, 0.25) is 15.1 Å². The van der Waals surface area contributed by atoms with Crippen molar-refractivity contribution in [3.8, 4) is 5.75 Å². The average Bonchev–Trinajstić information content (AvgIpc) is 2.97. The number of halogens is 3. The van der Waals surface area contributed by atoms with Crippen LogP contribution in [0.4, 0.5) is 0 Å². The van der Waals surface area contributed by atoms with Crippen molar-refractivity contribution in [3.63, 3.8) is 0 Å². The molecule has 158 valence electrons. The topological polar surface area (TPSA) is 56.2 Å². The molecular formula is C22H22Cl3N3O2. The quantitative estimate of drug-likeness (QED) is 0.423. The fourth-order valence-electron chi connectivity index (χ4n) is 2.98. The smallest absolute Gasteiger partial charge is 0.251 e. The summed E-state index contributed by atoms with van der Waals surface area (Å²) in [5.74, 6) is 0.410. The zero-order chi connectivity index (χ0) is 21.7. The van der Waals surface area contributed by atoms with E-state index in [1.165, 1.54) is 0 Å². The van der Waals surface area contributed by atoms with Crippen molar-refractivity contribution in [2.24, 2.45) is 0 Å². The van der Waals surface area contributed by atoms with Gasteiger partial charge in [-0.3, -0.25) is 9.48 Å². The highest BCUT2D eigenvalue weighted by Gasteiger charge is 2.10. The molecule has 0 saturated carbocycles. The number of hydrogen-bond acceptors (Lipinski definition) is 3. The molecule has 0 atom stereocenters. The van der Waals surface area contributed by atoms with Crippen LogP contribution in [0.3, 0.4) is 0 Å². The van der Waals surface area contributed by atoms with E-state index >= 15 is 0 Å². The van der Waals surface area contributed by atoms with Gasteiger partial charge in [0.1, 0.15) is 12.4 Å². The fraction of sp³-hybridized carbons (Fsp3) is 0.273. The average molecular weight is 467 g/mol.